The summed E-state index contributed by atoms with van der Waals surface area (Å²) < 4.78 is 1.67. The molecule has 0 atom stereocenters. The standard InChI is InChI=1S/C11H5N4.Pt/c1-12-10-4-2-3-9-8(10)5-6-15-11(9)13-7-14-15;/h2,4-7H;/q-1;. The molecule has 0 N–H and O–H groups in total. The van der Waals surface area contributed by atoms with E-state index < -0.39 is 0 Å². The van der Waals surface area contributed by atoms with E-state index in [1.807, 2.05) is 6.07 Å². The molecule has 0 radical (unpaired) electrons. The Bertz CT molecular complexity index is 696. The van der Waals surface area contributed by atoms with Crippen LogP contribution in [0.1, 0.15) is 0 Å². The minimum absolute atomic E-state index is 0. The Hall–Kier alpha value is -1.72. The maximum atomic E-state index is 7.07. The Morgan fingerprint density at radius 2 is 2.25 bits per heavy atom. The van der Waals surface area contributed by atoms with Crippen LogP contribution >= 0.6 is 0 Å². The molecule has 3 aromatic rings. The van der Waals surface area contributed by atoms with Crippen molar-refractivity contribution in [2.45, 2.75) is 0 Å². The van der Waals surface area contributed by atoms with Gasteiger partial charge >= 0.3 is 0 Å². The molecule has 0 spiro atoms. The van der Waals surface area contributed by atoms with E-state index in [2.05, 4.69) is 21.0 Å². The van der Waals surface area contributed by atoms with Crippen LogP contribution in [0, 0.1) is 12.6 Å². The second kappa shape index (κ2) is 4.03. The van der Waals surface area contributed by atoms with E-state index in [0.717, 1.165) is 16.4 Å². The minimum Gasteiger partial charge on any atom is -0.264 e. The SMILES string of the molecule is [C-]#[N+]c1cc[c-]c2c1ccn1ncnc21.[Pt]. The molecule has 80 valence electrons. The third-order valence-electron chi connectivity index (χ3n) is 2.31. The van der Waals surface area contributed by atoms with Crippen molar-refractivity contribution in [2.75, 3.05) is 0 Å². The van der Waals surface area contributed by atoms with Crippen molar-refractivity contribution in [2.24, 2.45) is 0 Å². The summed E-state index contributed by atoms with van der Waals surface area (Å²) >= 11 is 0. The molecule has 2 aromatic heterocycles. The third-order valence-corrected chi connectivity index (χ3v) is 2.31. The molecule has 4 nitrogen and oxygen atoms in total. The average molecular weight is 388 g/mol. The Morgan fingerprint density at radius 3 is 3.06 bits per heavy atom. The van der Waals surface area contributed by atoms with Crippen LogP contribution in [-0.2, 0) is 21.1 Å². The van der Waals surface area contributed by atoms with Gasteiger partial charge in [0, 0.05) is 27.3 Å². The minimum atomic E-state index is 0. The summed E-state index contributed by atoms with van der Waals surface area (Å²) in [4.78, 5) is 7.60. The maximum absolute atomic E-state index is 7.07. The number of aromatic nitrogens is 3. The van der Waals surface area contributed by atoms with E-state index in [4.69, 9.17) is 6.57 Å². The second-order valence-corrected chi connectivity index (χ2v) is 3.11. The molecule has 0 aliphatic heterocycles. The van der Waals surface area contributed by atoms with Gasteiger partial charge in [0.25, 0.3) is 0 Å². The number of hydrogen-bond acceptors (Lipinski definition) is 2. The quantitative estimate of drug-likeness (QED) is 0.554. The van der Waals surface area contributed by atoms with Crippen LogP contribution in [0.2, 0.25) is 0 Å². The fourth-order valence-electron chi connectivity index (χ4n) is 1.63. The first-order valence-electron chi connectivity index (χ1n) is 4.40. The number of nitrogens with zero attached hydrogens (tertiary/aromatic N) is 4. The fourth-order valence-corrected chi connectivity index (χ4v) is 1.63. The Labute approximate surface area is 106 Å². The fraction of sp³-hybridized carbons (Fsp3) is 0. The zero-order chi connectivity index (χ0) is 10.3. The molecule has 0 bridgehead atoms. The van der Waals surface area contributed by atoms with E-state index in [0.29, 0.717) is 5.69 Å². The van der Waals surface area contributed by atoms with Crippen LogP contribution in [0.15, 0.2) is 30.7 Å². The zero-order valence-electron chi connectivity index (χ0n) is 7.99. The van der Waals surface area contributed by atoms with Gasteiger partial charge in [-0.1, -0.05) is 11.5 Å². The molecule has 0 amide bonds. The number of benzene rings is 1. The molecule has 0 saturated carbocycles. The van der Waals surface area contributed by atoms with Crippen LogP contribution in [0.5, 0.6) is 0 Å². The number of rotatable bonds is 0. The van der Waals surface area contributed by atoms with Gasteiger partial charge in [0.1, 0.15) is 12.0 Å². The second-order valence-electron chi connectivity index (χ2n) is 3.11. The summed E-state index contributed by atoms with van der Waals surface area (Å²) in [7, 11) is 0. The molecule has 2 heterocycles. The van der Waals surface area contributed by atoms with Crippen molar-refractivity contribution in [1.82, 2.24) is 14.6 Å². The number of hydrogen-bond donors (Lipinski definition) is 0. The predicted octanol–water partition coefficient (Wildman–Crippen LogP) is 2.23. The summed E-state index contributed by atoms with van der Waals surface area (Å²) in [6, 6.07) is 8.44. The largest absolute Gasteiger partial charge is 0.264 e. The number of pyridine rings is 1. The molecular formula is C11H5N4Pt-. The molecule has 0 unspecified atom stereocenters. The van der Waals surface area contributed by atoms with Crippen molar-refractivity contribution in [1.29, 1.82) is 0 Å². The van der Waals surface area contributed by atoms with E-state index >= 15 is 0 Å². The van der Waals surface area contributed by atoms with Gasteiger partial charge in [-0.25, -0.2) is 0 Å². The smallest absolute Gasteiger partial charge is 0.127 e. The van der Waals surface area contributed by atoms with Gasteiger partial charge in [-0.3, -0.25) is 14.3 Å². The molecule has 0 aliphatic rings. The monoisotopic (exact) mass is 388 g/mol. The van der Waals surface area contributed by atoms with Gasteiger partial charge in [0.05, 0.1) is 12.2 Å². The molecule has 0 fully saturated rings. The Morgan fingerprint density at radius 1 is 1.38 bits per heavy atom. The van der Waals surface area contributed by atoms with Crippen LogP contribution in [-0.4, -0.2) is 14.6 Å². The van der Waals surface area contributed by atoms with Gasteiger partial charge in [-0.05, 0) is 0 Å². The normalized spacial score (nSPS) is 9.94. The van der Waals surface area contributed by atoms with Gasteiger partial charge in [-0.2, -0.15) is 11.2 Å². The van der Waals surface area contributed by atoms with Crippen molar-refractivity contribution >= 4 is 22.1 Å². The summed E-state index contributed by atoms with van der Waals surface area (Å²) in [6.07, 6.45) is 3.29. The summed E-state index contributed by atoms with van der Waals surface area (Å²) in [5.74, 6) is 0. The zero-order valence-corrected chi connectivity index (χ0v) is 10.3. The summed E-state index contributed by atoms with van der Waals surface area (Å²) in [5.41, 5.74) is 1.35. The maximum Gasteiger partial charge on any atom is 0.127 e. The molecule has 5 heteroatoms. The van der Waals surface area contributed by atoms with E-state index in [9.17, 15) is 0 Å². The van der Waals surface area contributed by atoms with Gasteiger partial charge in [-0.15, -0.1) is 17.5 Å². The van der Waals surface area contributed by atoms with Gasteiger partial charge < -0.3 is 0 Å². The Kier molecular flexibility index (Phi) is 2.72. The van der Waals surface area contributed by atoms with E-state index in [1.54, 1.807) is 22.8 Å². The average Bonchev–Trinajstić information content (AvgIpc) is 2.76. The van der Waals surface area contributed by atoms with Crippen molar-refractivity contribution < 1.29 is 21.1 Å². The first-order chi connectivity index (χ1) is 7.40. The summed E-state index contributed by atoms with van der Waals surface area (Å²) in [5, 5.41) is 5.74. The van der Waals surface area contributed by atoms with Crippen molar-refractivity contribution in [3.63, 3.8) is 0 Å². The van der Waals surface area contributed by atoms with Crippen LogP contribution in [0.25, 0.3) is 21.3 Å². The predicted molar refractivity (Wildman–Crippen MR) is 55.6 cm³/mol. The van der Waals surface area contributed by atoms with E-state index in [-0.39, 0.29) is 21.1 Å². The first-order valence-corrected chi connectivity index (χ1v) is 4.40. The van der Waals surface area contributed by atoms with Crippen molar-refractivity contribution in [3.8, 4) is 0 Å². The Balaban J connectivity index is 0.000000963. The number of fused-ring (bicyclic) bond motifs is 3. The van der Waals surface area contributed by atoms with Crippen LogP contribution in [0.3, 0.4) is 0 Å². The molecule has 0 aliphatic carbocycles. The van der Waals surface area contributed by atoms with Crippen molar-refractivity contribution in [3.05, 3.63) is 48.2 Å². The first kappa shape index (κ1) is 10.8. The van der Waals surface area contributed by atoms with Crippen LogP contribution < -0.4 is 0 Å². The molecule has 3 rings (SSSR count). The van der Waals surface area contributed by atoms with Gasteiger partial charge in [0.15, 0.2) is 0 Å². The topological polar surface area (TPSA) is 34.5 Å². The third kappa shape index (κ3) is 1.41. The summed E-state index contributed by atoms with van der Waals surface area (Å²) in [6.45, 7) is 7.07. The van der Waals surface area contributed by atoms with Gasteiger partial charge in [0.2, 0.25) is 0 Å². The van der Waals surface area contributed by atoms with E-state index in [1.165, 1.54) is 6.33 Å². The molecular weight excluding hydrogens is 383 g/mol. The molecule has 1 aromatic carbocycles. The van der Waals surface area contributed by atoms with Crippen LogP contribution in [0.4, 0.5) is 5.69 Å². The molecule has 16 heavy (non-hydrogen) atoms. The molecule has 0 saturated heterocycles.